The number of nitrogens with zero attached hydrogens (tertiary/aromatic N) is 1. The standard InChI is InChI=1S/C31H30N2O4/c1-17(2)28-32-27-24(29(34)33-28)26(20-9-7-6-8-10-20)31(21-11-13-22(36-5)14-12-21)30(27,35)25-19(4)15-18(3)16-23(25)37-31/h6-17,26,35H,1-5H3,(H,32,33,34)/t26-,30+,31+/m1/s1. The van der Waals surface area contributed by atoms with E-state index in [0.29, 0.717) is 34.1 Å². The van der Waals surface area contributed by atoms with E-state index in [0.717, 1.165) is 22.3 Å². The summed E-state index contributed by atoms with van der Waals surface area (Å²) in [5, 5.41) is 13.1. The molecule has 1 aliphatic carbocycles. The van der Waals surface area contributed by atoms with Gasteiger partial charge in [-0.2, -0.15) is 0 Å². The first-order valence-electron chi connectivity index (χ1n) is 12.6. The molecule has 0 unspecified atom stereocenters. The fourth-order valence-corrected chi connectivity index (χ4v) is 6.31. The van der Waals surface area contributed by atoms with Crippen LogP contribution < -0.4 is 15.0 Å². The Labute approximate surface area is 215 Å². The largest absolute Gasteiger partial charge is 0.497 e. The summed E-state index contributed by atoms with van der Waals surface area (Å²) in [4.78, 5) is 21.8. The first-order valence-corrected chi connectivity index (χ1v) is 12.6. The van der Waals surface area contributed by atoms with Crippen molar-refractivity contribution >= 4 is 0 Å². The molecule has 0 fully saturated rings. The van der Waals surface area contributed by atoms with Crippen LogP contribution in [0, 0.1) is 13.8 Å². The molecule has 2 heterocycles. The summed E-state index contributed by atoms with van der Waals surface area (Å²) in [6.07, 6.45) is 0. The summed E-state index contributed by atoms with van der Waals surface area (Å²) < 4.78 is 12.4. The monoisotopic (exact) mass is 494 g/mol. The van der Waals surface area contributed by atoms with Gasteiger partial charge in [0.15, 0.2) is 11.2 Å². The molecule has 0 radical (unpaired) electrons. The van der Waals surface area contributed by atoms with Gasteiger partial charge < -0.3 is 19.6 Å². The third kappa shape index (κ3) is 3.02. The van der Waals surface area contributed by atoms with Gasteiger partial charge in [0.1, 0.15) is 17.3 Å². The molecule has 0 saturated carbocycles. The number of ether oxygens (including phenoxy) is 2. The third-order valence-electron chi connectivity index (χ3n) is 7.82. The van der Waals surface area contributed by atoms with Crippen molar-refractivity contribution in [2.24, 2.45) is 0 Å². The van der Waals surface area contributed by atoms with Gasteiger partial charge in [0.05, 0.1) is 24.3 Å². The summed E-state index contributed by atoms with van der Waals surface area (Å²) in [6, 6.07) is 21.3. The lowest BCUT2D eigenvalue weighted by Gasteiger charge is -2.40. The highest BCUT2D eigenvalue weighted by molar-refractivity contribution is 5.66. The van der Waals surface area contributed by atoms with Crippen LogP contribution in [-0.4, -0.2) is 22.2 Å². The summed E-state index contributed by atoms with van der Waals surface area (Å²) in [7, 11) is 1.62. The van der Waals surface area contributed by atoms with Crippen molar-refractivity contribution in [3.8, 4) is 11.5 Å². The molecule has 1 aliphatic heterocycles. The molecule has 0 spiro atoms. The molecular weight excluding hydrogens is 464 g/mol. The number of aromatic amines is 1. The maximum Gasteiger partial charge on any atom is 0.255 e. The average molecular weight is 495 g/mol. The van der Waals surface area contributed by atoms with Crippen LogP contribution in [0.3, 0.4) is 0 Å². The Bertz CT molecular complexity index is 1580. The Morgan fingerprint density at radius 1 is 1.05 bits per heavy atom. The molecule has 6 rings (SSSR count). The SMILES string of the molecule is COc1ccc([C@@]23Oc4cc(C)cc(C)c4[C@]2(O)c2nc(C(C)C)[nH]c(=O)c2[C@H]3c2ccccc2)cc1. The minimum Gasteiger partial charge on any atom is -0.497 e. The lowest BCUT2D eigenvalue weighted by molar-refractivity contribution is -0.0907. The van der Waals surface area contributed by atoms with Gasteiger partial charge in [-0.05, 0) is 48.7 Å². The van der Waals surface area contributed by atoms with Crippen molar-refractivity contribution in [2.75, 3.05) is 7.11 Å². The van der Waals surface area contributed by atoms with E-state index in [-0.39, 0.29) is 11.5 Å². The molecule has 37 heavy (non-hydrogen) atoms. The third-order valence-corrected chi connectivity index (χ3v) is 7.82. The van der Waals surface area contributed by atoms with Crippen LogP contribution in [0.15, 0.2) is 71.5 Å². The van der Waals surface area contributed by atoms with Crippen molar-refractivity contribution in [3.63, 3.8) is 0 Å². The highest BCUT2D eigenvalue weighted by Crippen LogP contribution is 2.68. The van der Waals surface area contributed by atoms with Crippen LogP contribution in [-0.2, 0) is 11.2 Å². The van der Waals surface area contributed by atoms with Gasteiger partial charge in [-0.3, -0.25) is 4.79 Å². The van der Waals surface area contributed by atoms with E-state index in [1.165, 1.54) is 0 Å². The number of hydrogen-bond acceptors (Lipinski definition) is 5. The fraction of sp³-hybridized carbons (Fsp3) is 0.290. The predicted octanol–water partition coefficient (Wildman–Crippen LogP) is 5.19. The first kappa shape index (κ1) is 23.5. The van der Waals surface area contributed by atoms with E-state index >= 15 is 0 Å². The summed E-state index contributed by atoms with van der Waals surface area (Å²) in [5.74, 6) is 1.18. The number of aryl methyl sites for hydroxylation is 2. The molecule has 3 atom stereocenters. The van der Waals surface area contributed by atoms with Crippen LogP contribution in [0.25, 0.3) is 0 Å². The molecular formula is C31H30N2O4. The summed E-state index contributed by atoms with van der Waals surface area (Å²) in [5.41, 5.74) is 1.64. The number of methoxy groups -OCH3 is 1. The van der Waals surface area contributed by atoms with Crippen molar-refractivity contribution in [3.05, 3.63) is 122 Å². The minimum absolute atomic E-state index is 0.0336. The number of aliphatic hydroxyl groups is 1. The molecule has 4 aromatic rings. The van der Waals surface area contributed by atoms with E-state index in [4.69, 9.17) is 14.5 Å². The topological polar surface area (TPSA) is 84.4 Å². The van der Waals surface area contributed by atoms with Crippen molar-refractivity contribution in [1.82, 2.24) is 9.97 Å². The highest BCUT2D eigenvalue weighted by atomic mass is 16.5. The maximum absolute atomic E-state index is 13.8. The van der Waals surface area contributed by atoms with Crippen LogP contribution in [0.5, 0.6) is 11.5 Å². The Morgan fingerprint density at radius 2 is 1.76 bits per heavy atom. The minimum atomic E-state index is -1.71. The van der Waals surface area contributed by atoms with Gasteiger partial charge in [-0.15, -0.1) is 0 Å². The second-order valence-electron chi connectivity index (χ2n) is 10.4. The molecule has 0 bridgehead atoms. The summed E-state index contributed by atoms with van der Waals surface area (Å²) in [6.45, 7) is 7.94. The molecule has 6 nitrogen and oxygen atoms in total. The molecule has 188 valence electrons. The number of benzene rings is 3. The van der Waals surface area contributed by atoms with Gasteiger partial charge in [-0.1, -0.05) is 62.4 Å². The van der Waals surface area contributed by atoms with E-state index in [1.54, 1.807) is 7.11 Å². The number of rotatable bonds is 4. The normalized spacial score (nSPS) is 23.4. The average Bonchev–Trinajstić information content (AvgIpc) is 3.27. The zero-order valence-electron chi connectivity index (χ0n) is 21.6. The number of hydrogen-bond donors (Lipinski definition) is 2. The van der Waals surface area contributed by atoms with Gasteiger partial charge in [-0.25, -0.2) is 4.98 Å². The zero-order chi connectivity index (χ0) is 26.1. The van der Waals surface area contributed by atoms with E-state index < -0.39 is 17.1 Å². The van der Waals surface area contributed by atoms with E-state index in [1.807, 2.05) is 94.4 Å². The smallest absolute Gasteiger partial charge is 0.255 e. The lowest BCUT2D eigenvalue weighted by Crippen LogP contribution is -2.49. The van der Waals surface area contributed by atoms with Crippen LogP contribution in [0.4, 0.5) is 0 Å². The first-order chi connectivity index (χ1) is 17.7. The van der Waals surface area contributed by atoms with Gasteiger partial charge in [0, 0.05) is 17.0 Å². The molecule has 0 amide bonds. The van der Waals surface area contributed by atoms with Crippen molar-refractivity contribution < 1.29 is 14.6 Å². The molecule has 3 aromatic carbocycles. The van der Waals surface area contributed by atoms with Crippen molar-refractivity contribution in [2.45, 2.75) is 50.7 Å². The highest BCUT2D eigenvalue weighted by Gasteiger charge is 2.73. The molecule has 2 N–H and O–H groups in total. The van der Waals surface area contributed by atoms with Gasteiger partial charge in [0.25, 0.3) is 5.56 Å². The van der Waals surface area contributed by atoms with Crippen LogP contribution in [0.2, 0.25) is 0 Å². The van der Waals surface area contributed by atoms with Crippen LogP contribution in [0.1, 0.15) is 70.6 Å². The Balaban J connectivity index is 1.79. The molecule has 6 heteroatoms. The van der Waals surface area contributed by atoms with E-state index in [2.05, 4.69) is 4.98 Å². The molecule has 0 saturated heterocycles. The summed E-state index contributed by atoms with van der Waals surface area (Å²) >= 11 is 0. The maximum atomic E-state index is 13.8. The van der Waals surface area contributed by atoms with Gasteiger partial charge >= 0.3 is 0 Å². The van der Waals surface area contributed by atoms with E-state index in [9.17, 15) is 9.90 Å². The molecule has 2 aliphatic rings. The second kappa shape index (κ2) is 8.05. The fourth-order valence-electron chi connectivity index (χ4n) is 6.31. The van der Waals surface area contributed by atoms with Crippen LogP contribution >= 0.6 is 0 Å². The zero-order valence-corrected chi connectivity index (χ0v) is 21.6. The van der Waals surface area contributed by atoms with Gasteiger partial charge in [0.2, 0.25) is 0 Å². The second-order valence-corrected chi connectivity index (χ2v) is 10.4. The van der Waals surface area contributed by atoms with Crippen molar-refractivity contribution in [1.29, 1.82) is 0 Å². The predicted molar refractivity (Wildman–Crippen MR) is 141 cm³/mol. The number of H-pyrrole nitrogens is 1. The number of fused-ring (bicyclic) bond motifs is 5. The number of aromatic nitrogens is 2. The Hall–Kier alpha value is -3.90. The Morgan fingerprint density at radius 3 is 2.41 bits per heavy atom. The lowest BCUT2D eigenvalue weighted by atomic mass is 9.69. The number of nitrogens with one attached hydrogen (secondary N) is 1. The Kier molecular flexibility index (Phi) is 5.11. The quantitative estimate of drug-likeness (QED) is 0.408. The molecule has 1 aromatic heterocycles.